The fraction of sp³-hybridized carbons (Fsp3) is 0. The zero-order valence-electron chi connectivity index (χ0n) is 28.2. The van der Waals surface area contributed by atoms with Crippen LogP contribution in [0.3, 0.4) is 0 Å². The van der Waals surface area contributed by atoms with Crippen molar-refractivity contribution in [1.29, 1.82) is 0 Å². The zero-order chi connectivity index (χ0) is 33.9. The smallest absolute Gasteiger partial charge is 0.0641 e. The SMILES string of the molecule is c1ccc(-n2c3c4ccccc4ccc3c3ccc4c(c5ccccc5n4-c4cccc(-c5cccc6c5-c5cccc7cccc-6c57)c4)c32)cc1. The Kier molecular flexibility index (Phi) is 5.53. The Morgan fingerprint density at radius 3 is 1.87 bits per heavy atom. The van der Waals surface area contributed by atoms with Crippen molar-refractivity contribution in [3.05, 3.63) is 182 Å². The highest BCUT2D eigenvalue weighted by atomic mass is 15.0. The summed E-state index contributed by atoms with van der Waals surface area (Å²) >= 11 is 0. The Balaban J connectivity index is 1.16. The number of hydrogen-bond acceptors (Lipinski definition) is 0. The van der Waals surface area contributed by atoms with Gasteiger partial charge in [-0.15, -0.1) is 0 Å². The molecule has 0 spiro atoms. The monoisotopic (exact) mass is 658 g/mol. The zero-order valence-corrected chi connectivity index (χ0v) is 28.2. The van der Waals surface area contributed by atoms with Gasteiger partial charge in [0.05, 0.1) is 22.1 Å². The number of hydrogen-bond donors (Lipinski definition) is 0. The summed E-state index contributed by atoms with van der Waals surface area (Å²) in [6.07, 6.45) is 0. The van der Waals surface area contributed by atoms with Crippen molar-refractivity contribution < 1.29 is 0 Å². The maximum absolute atomic E-state index is 2.51. The summed E-state index contributed by atoms with van der Waals surface area (Å²) in [5, 5.41) is 10.2. The predicted octanol–water partition coefficient (Wildman–Crippen LogP) is 13.5. The third-order valence-electron chi connectivity index (χ3n) is 11.4. The first-order chi connectivity index (χ1) is 25.8. The Hall–Kier alpha value is -6.90. The Morgan fingerprint density at radius 2 is 0.962 bits per heavy atom. The lowest BCUT2D eigenvalue weighted by Crippen LogP contribution is -1.96. The van der Waals surface area contributed by atoms with E-state index in [-0.39, 0.29) is 0 Å². The summed E-state index contributed by atoms with van der Waals surface area (Å²) in [7, 11) is 0. The first kappa shape index (κ1) is 27.9. The lowest BCUT2D eigenvalue weighted by molar-refractivity contribution is 1.18. The van der Waals surface area contributed by atoms with Crippen LogP contribution >= 0.6 is 0 Å². The molecule has 0 radical (unpaired) electrons. The molecule has 0 amide bonds. The van der Waals surface area contributed by atoms with Crippen molar-refractivity contribution in [1.82, 2.24) is 9.13 Å². The van der Waals surface area contributed by atoms with Crippen LogP contribution in [0.2, 0.25) is 0 Å². The van der Waals surface area contributed by atoms with Gasteiger partial charge in [0.25, 0.3) is 0 Å². The van der Waals surface area contributed by atoms with Crippen molar-refractivity contribution in [3.8, 4) is 44.8 Å². The highest BCUT2D eigenvalue weighted by Crippen LogP contribution is 2.51. The van der Waals surface area contributed by atoms with Crippen LogP contribution in [0.1, 0.15) is 0 Å². The molecule has 9 aromatic carbocycles. The van der Waals surface area contributed by atoms with Crippen molar-refractivity contribution in [3.63, 3.8) is 0 Å². The molecule has 0 aliphatic heterocycles. The van der Waals surface area contributed by atoms with Crippen LogP contribution in [0.4, 0.5) is 0 Å². The molecule has 2 nitrogen and oxygen atoms in total. The molecule has 1 aliphatic carbocycles. The summed E-state index contributed by atoms with van der Waals surface area (Å²) in [5.74, 6) is 0. The highest BCUT2D eigenvalue weighted by Gasteiger charge is 2.25. The van der Waals surface area contributed by atoms with E-state index in [1.54, 1.807) is 0 Å². The van der Waals surface area contributed by atoms with E-state index >= 15 is 0 Å². The van der Waals surface area contributed by atoms with Crippen LogP contribution in [0, 0.1) is 0 Å². The van der Waals surface area contributed by atoms with E-state index in [2.05, 4.69) is 191 Å². The molecule has 2 heterocycles. The third-order valence-corrected chi connectivity index (χ3v) is 11.4. The number of para-hydroxylation sites is 2. The van der Waals surface area contributed by atoms with Crippen molar-refractivity contribution in [2.45, 2.75) is 0 Å². The molecule has 2 aromatic heterocycles. The average Bonchev–Trinajstić information content (AvgIpc) is 3.85. The van der Waals surface area contributed by atoms with Gasteiger partial charge in [0.1, 0.15) is 0 Å². The molecule has 0 N–H and O–H groups in total. The maximum atomic E-state index is 2.51. The normalized spacial score (nSPS) is 12.2. The largest absolute Gasteiger partial charge is 0.309 e. The van der Waals surface area contributed by atoms with Crippen LogP contribution in [-0.4, -0.2) is 9.13 Å². The Morgan fingerprint density at radius 1 is 0.308 bits per heavy atom. The quantitative estimate of drug-likeness (QED) is 0.179. The molecule has 11 aromatic rings. The number of aromatic nitrogens is 2. The molecule has 0 saturated carbocycles. The lowest BCUT2D eigenvalue weighted by atomic mass is 9.93. The molecule has 0 saturated heterocycles. The maximum Gasteiger partial charge on any atom is 0.0641 e. The summed E-state index contributed by atoms with van der Waals surface area (Å²) in [6.45, 7) is 0. The van der Waals surface area contributed by atoms with Gasteiger partial charge in [0.15, 0.2) is 0 Å². The van der Waals surface area contributed by atoms with Crippen LogP contribution in [-0.2, 0) is 0 Å². The van der Waals surface area contributed by atoms with E-state index in [4.69, 9.17) is 0 Å². The molecule has 2 heteroatoms. The molecular formula is C50H30N2. The molecule has 240 valence electrons. The molecule has 0 bridgehead atoms. The topological polar surface area (TPSA) is 9.86 Å². The fourth-order valence-electron chi connectivity index (χ4n) is 9.32. The lowest BCUT2D eigenvalue weighted by Gasteiger charge is -2.14. The fourth-order valence-corrected chi connectivity index (χ4v) is 9.32. The van der Waals surface area contributed by atoms with Crippen molar-refractivity contribution >= 4 is 65.2 Å². The van der Waals surface area contributed by atoms with E-state index in [1.165, 1.54) is 104 Å². The molecule has 0 fully saturated rings. The number of rotatable bonds is 3. The minimum Gasteiger partial charge on any atom is -0.309 e. The van der Waals surface area contributed by atoms with Crippen LogP contribution in [0.5, 0.6) is 0 Å². The second-order valence-electron chi connectivity index (χ2n) is 14.0. The van der Waals surface area contributed by atoms with Gasteiger partial charge in [-0.1, -0.05) is 146 Å². The molecule has 0 atom stereocenters. The van der Waals surface area contributed by atoms with E-state index in [0.717, 1.165) is 5.69 Å². The molecule has 0 unspecified atom stereocenters. The second kappa shape index (κ2) is 10.3. The van der Waals surface area contributed by atoms with Crippen LogP contribution in [0.15, 0.2) is 182 Å². The van der Waals surface area contributed by atoms with Crippen LogP contribution < -0.4 is 0 Å². The molecule has 52 heavy (non-hydrogen) atoms. The molecular weight excluding hydrogens is 629 g/mol. The van der Waals surface area contributed by atoms with Crippen molar-refractivity contribution in [2.24, 2.45) is 0 Å². The summed E-state index contributed by atoms with van der Waals surface area (Å²) in [6, 6.07) is 67.1. The highest BCUT2D eigenvalue weighted by molar-refractivity contribution is 6.29. The predicted molar refractivity (Wildman–Crippen MR) is 220 cm³/mol. The van der Waals surface area contributed by atoms with Gasteiger partial charge >= 0.3 is 0 Å². The van der Waals surface area contributed by atoms with Gasteiger partial charge in [-0.05, 0) is 85.9 Å². The van der Waals surface area contributed by atoms with Gasteiger partial charge in [0, 0.05) is 38.3 Å². The van der Waals surface area contributed by atoms with Gasteiger partial charge in [-0.2, -0.15) is 0 Å². The Bertz CT molecular complexity index is 3280. The average molecular weight is 659 g/mol. The number of fused-ring (bicyclic) bond motifs is 12. The summed E-state index contributed by atoms with van der Waals surface area (Å²) in [5.41, 5.74) is 15.0. The first-order valence-electron chi connectivity index (χ1n) is 18.0. The summed E-state index contributed by atoms with van der Waals surface area (Å²) < 4.78 is 4.98. The van der Waals surface area contributed by atoms with E-state index in [1.807, 2.05) is 0 Å². The first-order valence-corrected chi connectivity index (χ1v) is 18.0. The van der Waals surface area contributed by atoms with Crippen LogP contribution in [0.25, 0.3) is 110 Å². The van der Waals surface area contributed by atoms with Crippen molar-refractivity contribution in [2.75, 3.05) is 0 Å². The van der Waals surface area contributed by atoms with E-state index in [0.29, 0.717) is 0 Å². The number of benzene rings is 9. The standard InChI is InChI=1S/C50H30N2/c1-2-16-34(17-3-1)52-49-37-19-5-4-12-31(37)26-27-40(49)41-28-29-45-48(50(41)52)42-20-6-7-25-44(42)51(45)35-18-8-15-33(30-35)36-21-11-23-39-38-22-9-13-32-14-10-24-43(46(32)38)47(36)39/h1-30H. The van der Waals surface area contributed by atoms with E-state index < -0.39 is 0 Å². The minimum atomic E-state index is 1.15. The van der Waals surface area contributed by atoms with E-state index in [9.17, 15) is 0 Å². The van der Waals surface area contributed by atoms with Gasteiger partial charge in [-0.3, -0.25) is 0 Å². The van der Waals surface area contributed by atoms with Gasteiger partial charge in [0.2, 0.25) is 0 Å². The van der Waals surface area contributed by atoms with Gasteiger partial charge in [-0.25, -0.2) is 0 Å². The summed E-state index contributed by atoms with van der Waals surface area (Å²) in [4.78, 5) is 0. The molecule has 1 aliphatic rings. The Labute approximate surface area is 300 Å². The number of nitrogens with zero attached hydrogens (tertiary/aromatic N) is 2. The second-order valence-corrected chi connectivity index (χ2v) is 14.0. The third kappa shape index (κ3) is 3.63. The van der Waals surface area contributed by atoms with Gasteiger partial charge < -0.3 is 9.13 Å². The molecule has 12 rings (SSSR count). The minimum absolute atomic E-state index is 1.15.